The van der Waals surface area contributed by atoms with Crippen molar-refractivity contribution in [2.45, 2.75) is 20.8 Å². The van der Waals surface area contributed by atoms with Gasteiger partial charge in [-0.1, -0.05) is 6.07 Å². The van der Waals surface area contributed by atoms with Crippen LogP contribution in [-0.2, 0) is 4.79 Å². The van der Waals surface area contributed by atoms with Gasteiger partial charge >= 0.3 is 5.97 Å². The first-order valence-electron chi connectivity index (χ1n) is 6.30. The molecule has 0 atom stereocenters. The van der Waals surface area contributed by atoms with Crippen molar-refractivity contribution in [3.8, 4) is 0 Å². The summed E-state index contributed by atoms with van der Waals surface area (Å²) in [5.41, 5.74) is 2.27. The summed E-state index contributed by atoms with van der Waals surface area (Å²) < 4.78 is 0. The number of carbonyl (C=O) groups is 2. The quantitative estimate of drug-likeness (QED) is 0.829. The fourth-order valence-corrected chi connectivity index (χ4v) is 1.81. The lowest BCUT2D eigenvalue weighted by Gasteiger charge is -2.19. The van der Waals surface area contributed by atoms with Crippen molar-refractivity contribution < 1.29 is 14.7 Å². The highest BCUT2D eigenvalue weighted by Crippen LogP contribution is 2.15. The van der Waals surface area contributed by atoms with Crippen molar-refractivity contribution in [1.29, 1.82) is 0 Å². The summed E-state index contributed by atoms with van der Waals surface area (Å²) in [6, 6.07) is 5.34. The Morgan fingerprint density at radius 2 is 1.89 bits per heavy atom. The minimum Gasteiger partial charge on any atom is -0.478 e. The first kappa shape index (κ1) is 15.0. The largest absolute Gasteiger partial charge is 0.478 e. The Balaban J connectivity index is 3.08. The second-order valence-corrected chi connectivity index (χ2v) is 4.22. The normalized spacial score (nSPS) is 10.7. The number of aliphatic carboxylic acids is 1. The smallest absolute Gasteiger partial charge is 0.328 e. The van der Waals surface area contributed by atoms with Crippen molar-refractivity contribution in [2.75, 3.05) is 13.1 Å². The van der Waals surface area contributed by atoms with Crippen LogP contribution in [0.25, 0.3) is 6.08 Å². The Morgan fingerprint density at radius 1 is 1.26 bits per heavy atom. The Labute approximate surface area is 113 Å². The van der Waals surface area contributed by atoms with Crippen LogP contribution in [0.1, 0.15) is 35.3 Å². The fraction of sp³-hybridized carbons (Fsp3) is 0.333. The predicted molar refractivity (Wildman–Crippen MR) is 75.1 cm³/mol. The van der Waals surface area contributed by atoms with Crippen LogP contribution in [0, 0.1) is 6.92 Å². The molecule has 102 valence electrons. The third-order valence-corrected chi connectivity index (χ3v) is 2.98. The molecule has 0 bridgehead atoms. The molecule has 4 heteroatoms. The van der Waals surface area contributed by atoms with Gasteiger partial charge in [0, 0.05) is 24.7 Å². The highest BCUT2D eigenvalue weighted by Gasteiger charge is 2.12. The lowest BCUT2D eigenvalue weighted by atomic mass is 10.0. The zero-order chi connectivity index (χ0) is 14.4. The summed E-state index contributed by atoms with van der Waals surface area (Å²) in [5, 5.41) is 8.65. The van der Waals surface area contributed by atoms with E-state index in [0.29, 0.717) is 18.7 Å². The van der Waals surface area contributed by atoms with Gasteiger partial charge < -0.3 is 10.0 Å². The molecule has 4 nitrogen and oxygen atoms in total. The lowest BCUT2D eigenvalue weighted by molar-refractivity contribution is -0.131. The fourth-order valence-electron chi connectivity index (χ4n) is 1.81. The molecular weight excluding hydrogens is 242 g/mol. The van der Waals surface area contributed by atoms with Gasteiger partial charge in [0.2, 0.25) is 0 Å². The van der Waals surface area contributed by atoms with E-state index in [2.05, 4.69) is 0 Å². The Bertz CT molecular complexity index is 502. The highest BCUT2D eigenvalue weighted by atomic mass is 16.4. The number of rotatable bonds is 5. The molecule has 1 aromatic carbocycles. The number of carboxylic acids is 1. The van der Waals surface area contributed by atoms with E-state index in [1.54, 1.807) is 17.0 Å². The summed E-state index contributed by atoms with van der Waals surface area (Å²) >= 11 is 0. The lowest BCUT2D eigenvalue weighted by Crippen LogP contribution is -2.30. The van der Waals surface area contributed by atoms with E-state index in [4.69, 9.17) is 5.11 Å². The summed E-state index contributed by atoms with van der Waals surface area (Å²) in [4.78, 5) is 24.5. The molecule has 1 N–H and O–H groups in total. The van der Waals surface area contributed by atoms with E-state index in [-0.39, 0.29) is 5.91 Å². The van der Waals surface area contributed by atoms with E-state index in [0.717, 1.165) is 17.2 Å². The number of hydrogen-bond donors (Lipinski definition) is 1. The van der Waals surface area contributed by atoms with Crippen LogP contribution >= 0.6 is 0 Å². The molecule has 1 amide bonds. The summed E-state index contributed by atoms with van der Waals surface area (Å²) in [5.74, 6) is -1.03. The van der Waals surface area contributed by atoms with Gasteiger partial charge in [-0.15, -0.1) is 0 Å². The first-order valence-corrected chi connectivity index (χ1v) is 6.30. The van der Waals surface area contributed by atoms with E-state index in [1.165, 1.54) is 6.08 Å². The van der Waals surface area contributed by atoms with Crippen molar-refractivity contribution in [2.24, 2.45) is 0 Å². The highest BCUT2D eigenvalue weighted by molar-refractivity contribution is 5.95. The molecule has 1 aromatic rings. The average Bonchev–Trinajstić information content (AvgIpc) is 2.38. The van der Waals surface area contributed by atoms with Gasteiger partial charge in [-0.3, -0.25) is 4.79 Å². The Morgan fingerprint density at radius 3 is 2.42 bits per heavy atom. The zero-order valence-electron chi connectivity index (χ0n) is 11.5. The van der Waals surface area contributed by atoms with Crippen molar-refractivity contribution in [1.82, 2.24) is 4.90 Å². The minimum absolute atomic E-state index is 0.0324. The van der Waals surface area contributed by atoms with E-state index in [1.807, 2.05) is 26.8 Å². The molecule has 0 aromatic heterocycles. The molecule has 0 unspecified atom stereocenters. The summed E-state index contributed by atoms with van der Waals surface area (Å²) in [6.07, 6.45) is 2.59. The maximum Gasteiger partial charge on any atom is 0.328 e. The molecule has 0 heterocycles. The van der Waals surface area contributed by atoms with Crippen LogP contribution in [-0.4, -0.2) is 35.0 Å². The van der Waals surface area contributed by atoms with Crippen LogP contribution in [0.3, 0.4) is 0 Å². The van der Waals surface area contributed by atoms with Crippen molar-refractivity contribution in [3.63, 3.8) is 0 Å². The molecule has 1 rings (SSSR count). The molecule has 19 heavy (non-hydrogen) atoms. The van der Waals surface area contributed by atoms with Crippen LogP contribution in [0.15, 0.2) is 24.3 Å². The van der Waals surface area contributed by atoms with Crippen LogP contribution in [0.2, 0.25) is 0 Å². The molecule has 0 aliphatic rings. The minimum atomic E-state index is -1.00. The van der Waals surface area contributed by atoms with Gasteiger partial charge in [-0.2, -0.15) is 0 Å². The number of aryl methyl sites for hydroxylation is 1. The molecular formula is C15H19NO3. The van der Waals surface area contributed by atoms with Gasteiger partial charge in [-0.25, -0.2) is 4.79 Å². The Kier molecular flexibility index (Phi) is 5.30. The predicted octanol–water partition coefficient (Wildman–Crippen LogP) is 2.57. The van der Waals surface area contributed by atoms with Gasteiger partial charge in [0.1, 0.15) is 0 Å². The number of hydrogen-bond acceptors (Lipinski definition) is 2. The molecule has 0 aliphatic heterocycles. The molecule has 0 aliphatic carbocycles. The van der Waals surface area contributed by atoms with Crippen molar-refractivity contribution in [3.05, 3.63) is 41.0 Å². The number of amides is 1. The molecule has 0 saturated carbocycles. The van der Waals surface area contributed by atoms with Crippen LogP contribution in [0.4, 0.5) is 0 Å². The van der Waals surface area contributed by atoms with Crippen molar-refractivity contribution >= 4 is 18.0 Å². The second kappa shape index (κ2) is 6.73. The number of carboxylic acid groups (broad SMARTS) is 1. The topological polar surface area (TPSA) is 57.6 Å². The SMILES string of the molecule is CCN(CC)C(=O)c1ccc(C)c(/C=C/C(=O)O)c1. The zero-order valence-corrected chi connectivity index (χ0v) is 11.5. The van der Waals surface area contributed by atoms with Gasteiger partial charge in [0.05, 0.1) is 0 Å². The summed E-state index contributed by atoms with van der Waals surface area (Å²) in [7, 11) is 0. The van der Waals surface area contributed by atoms with E-state index >= 15 is 0 Å². The first-order chi connectivity index (χ1) is 8.99. The average molecular weight is 261 g/mol. The second-order valence-electron chi connectivity index (χ2n) is 4.22. The molecule has 0 spiro atoms. The van der Waals surface area contributed by atoms with Gasteiger partial charge in [0.25, 0.3) is 5.91 Å². The van der Waals surface area contributed by atoms with Gasteiger partial charge in [0.15, 0.2) is 0 Å². The van der Waals surface area contributed by atoms with Gasteiger partial charge in [-0.05, 0) is 50.1 Å². The summed E-state index contributed by atoms with van der Waals surface area (Å²) in [6.45, 7) is 7.06. The third kappa shape index (κ3) is 3.95. The van der Waals surface area contributed by atoms with Crippen LogP contribution < -0.4 is 0 Å². The van der Waals surface area contributed by atoms with Crippen LogP contribution in [0.5, 0.6) is 0 Å². The maximum atomic E-state index is 12.2. The number of nitrogens with zero attached hydrogens (tertiary/aromatic N) is 1. The maximum absolute atomic E-state index is 12.2. The van der Waals surface area contributed by atoms with E-state index < -0.39 is 5.97 Å². The Hall–Kier alpha value is -2.10. The van der Waals surface area contributed by atoms with E-state index in [9.17, 15) is 9.59 Å². The third-order valence-electron chi connectivity index (χ3n) is 2.98. The number of benzene rings is 1. The molecule has 0 fully saturated rings. The molecule has 0 radical (unpaired) electrons. The standard InChI is InChI=1S/C15H19NO3/c1-4-16(5-2)15(19)13-7-6-11(3)12(10-13)8-9-14(17)18/h6-10H,4-5H2,1-3H3,(H,17,18)/b9-8+. The molecule has 0 saturated heterocycles. The number of carbonyl (C=O) groups excluding carboxylic acids is 1. The monoisotopic (exact) mass is 261 g/mol.